The average Bonchev–Trinajstić information content (AvgIpc) is 2.68. The molecule has 0 spiro atoms. The zero-order chi connectivity index (χ0) is 21.2. The third-order valence-corrected chi connectivity index (χ3v) is 5.33. The molecule has 2 aliphatic heterocycles. The van der Waals surface area contributed by atoms with Crippen LogP contribution < -0.4 is 10.5 Å². The van der Waals surface area contributed by atoms with E-state index in [1.165, 1.54) is 4.68 Å². The fourth-order valence-electron chi connectivity index (χ4n) is 3.74. The van der Waals surface area contributed by atoms with Crippen molar-refractivity contribution in [3.63, 3.8) is 0 Å². The Kier molecular flexibility index (Phi) is 6.14. The van der Waals surface area contributed by atoms with Crippen LogP contribution in [0.2, 0.25) is 0 Å². The number of aromatic nitrogens is 2. The predicted octanol–water partition coefficient (Wildman–Crippen LogP) is 1.08. The standard InChI is InChI=1S/C20H31N5O4/c1-20(2,3)29-19(28)24-10-8-23(9-11-24)18(27)15-6-5-7-25(14-15)16-12-17(26)22(4)21-13-16/h12-13,15H,5-11,14H2,1-4H3. The molecule has 2 saturated heterocycles. The van der Waals surface area contributed by atoms with Crippen molar-refractivity contribution in [3.05, 3.63) is 22.6 Å². The number of aryl methyl sites for hydroxylation is 1. The first-order valence-electron chi connectivity index (χ1n) is 10.2. The van der Waals surface area contributed by atoms with Crippen LogP contribution in [0.25, 0.3) is 0 Å². The molecule has 3 heterocycles. The molecule has 2 amide bonds. The molecule has 160 valence electrons. The van der Waals surface area contributed by atoms with Gasteiger partial charge in [-0.05, 0) is 33.6 Å². The van der Waals surface area contributed by atoms with Gasteiger partial charge in [-0.3, -0.25) is 9.59 Å². The highest BCUT2D eigenvalue weighted by Crippen LogP contribution is 2.24. The minimum absolute atomic E-state index is 0.110. The van der Waals surface area contributed by atoms with Crippen molar-refractivity contribution in [1.82, 2.24) is 19.6 Å². The zero-order valence-electron chi connectivity index (χ0n) is 17.8. The highest BCUT2D eigenvalue weighted by atomic mass is 16.6. The van der Waals surface area contributed by atoms with Crippen LogP contribution in [0.15, 0.2) is 17.1 Å². The van der Waals surface area contributed by atoms with E-state index in [-0.39, 0.29) is 23.5 Å². The SMILES string of the molecule is Cn1ncc(N2CCCC(C(=O)N3CCN(C(=O)OC(C)(C)C)CC3)C2)cc1=O. The number of piperidine rings is 1. The quantitative estimate of drug-likeness (QED) is 0.732. The number of rotatable bonds is 2. The molecule has 29 heavy (non-hydrogen) atoms. The minimum atomic E-state index is -0.525. The van der Waals surface area contributed by atoms with Crippen LogP contribution >= 0.6 is 0 Å². The molecule has 0 bridgehead atoms. The van der Waals surface area contributed by atoms with Gasteiger partial charge in [-0.15, -0.1) is 0 Å². The number of hydrogen-bond donors (Lipinski definition) is 0. The number of anilines is 1. The second-order valence-electron chi connectivity index (χ2n) is 8.75. The Morgan fingerprint density at radius 2 is 1.76 bits per heavy atom. The largest absolute Gasteiger partial charge is 0.444 e. The van der Waals surface area contributed by atoms with Gasteiger partial charge in [0.05, 0.1) is 17.8 Å². The van der Waals surface area contributed by atoms with Crippen molar-refractivity contribution in [3.8, 4) is 0 Å². The van der Waals surface area contributed by atoms with E-state index in [4.69, 9.17) is 4.74 Å². The highest BCUT2D eigenvalue weighted by Gasteiger charge is 2.33. The highest BCUT2D eigenvalue weighted by molar-refractivity contribution is 5.80. The summed E-state index contributed by atoms with van der Waals surface area (Å²) in [6.45, 7) is 8.92. The van der Waals surface area contributed by atoms with Gasteiger partial charge >= 0.3 is 6.09 Å². The second-order valence-corrected chi connectivity index (χ2v) is 8.75. The van der Waals surface area contributed by atoms with Crippen molar-refractivity contribution in [2.45, 2.75) is 39.2 Å². The number of piperazine rings is 1. The van der Waals surface area contributed by atoms with Crippen LogP contribution in [0.1, 0.15) is 33.6 Å². The number of hydrogen-bond acceptors (Lipinski definition) is 6. The Hall–Kier alpha value is -2.58. The van der Waals surface area contributed by atoms with Crippen LogP contribution in [0.5, 0.6) is 0 Å². The lowest BCUT2D eigenvalue weighted by molar-refractivity contribution is -0.137. The van der Waals surface area contributed by atoms with Crippen molar-refractivity contribution in [1.29, 1.82) is 0 Å². The van der Waals surface area contributed by atoms with Gasteiger partial charge in [-0.25, -0.2) is 9.48 Å². The van der Waals surface area contributed by atoms with E-state index in [2.05, 4.69) is 10.00 Å². The molecule has 9 heteroatoms. The van der Waals surface area contributed by atoms with Gasteiger partial charge in [-0.2, -0.15) is 5.10 Å². The van der Waals surface area contributed by atoms with Crippen LogP contribution in [0.4, 0.5) is 10.5 Å². The van der Waals surface area contributed by atoms with Gasteiger partial charge in [0.15, 0.2) is 0 Å². The lowest BCUT2D eigenvalue weighted by atomic mass is 9.96. The Labute approximate surface area is 171 Å². The lowest BCUT2D eigenvalue weighted by Crippen LogP contribution is -2.54. The average molecular weight is 405 g/mol. The fourth-order valence-corrected chi connectivity index (χ4v) is 3.74. The molecule has 1 aromatic rings. The molecule has 0 aliphatic carbocycles. The van der Waals surface area contributed by atoms with Gasteiger partial charge in [0.2, 0.25) is 5.91 Å². The molecule has 0 saturated carbocycles. The van der Waals surface area contributed by atoms with Gasteiger partial charge in [0, 0.05) is 52.4 Å². The maximum absolute atomic E-state index is 13.0. The molecule has 1 unspecified atom stereocenters. The number of nitrogens with zero attached hydrogens (tertiary/aromatic N) is 5. The maximum Gasteiger partial charge on any atom is 0.410 e. The predicted molar refractivity (Wildman–Crippen MR) is 109 cm³/mol. The van der Waals surface area contributed by atoms with Crippen LogP contribution in [0.3, 0.4) is 0 Å². The van der Waals surface area contributed by atoms with Crippen LogP contribution in [-0.2, 0) is 16.6 Å². The molecule has 1 aromatic heterocycles. The summed E-state index contributed by atoms with van der Waals surface area (Å²) in [5, 5.41) is 4.08. The van der Waals surface area contributed by atoms with Crippen molar-refractivity contribution in [2.24, 2.45) is 13.0 Å². The first-order chi connectivity index (χ1) is 13.6. The summed E-state index contributed by atoms with van der Waals surface area (Å²) in [6.07, 6.45) is 3.07. The second kappa shape index (κ2) is 8.42. The summed E-state index contributed by atoms with van der Waals surface area (Å²) in [6, 6.07) is 1.57. The third-order valence-electron chi connectivity index (χ3n) is 5.33. The number of carbonyl (C=O) groups is 2. The summed E-state index contributed by atoms with van der Waals surface area (Å²) in [5.74, 6) is 0.0104. The van der Waals surface area contributed by atoms with E-state index in [1.807, 2.05) is 25.7 Å². The van der Waals surface area contributed by atoms with Gasteiger partial charge < -0.3 is 19.4 Å². The number of amides is 2. The molecule has 9 nitrogen and oxygen atoms in total. The van der Waals surface area contributed by atoms with E-state index in [9.17, 15) is 14.4 Å². The Balaban J connectivity index is 1.56. The summed E-state index contributed by atoms with van der Waals surface area (Å²) in [4.78, 5) is 42.7. The first kappa shape index (κ1) is 21.1. The summed E-state index contributed by atoms with van der Waals surface area (Å²) in [5.41, 5.74) is 0.0812. The van der Waals surface area contributed by atoms with E-state index in [0.717, 1.165) is 25.1 Å². The molecule has 2 aliphatic rings. The molecule has 3 rings (SSSR count). The normalized spacial score (nSPS) is 20.6. The zero-order valence-corrected chi connectivity index (χ0v) is 17.8. The molecular weight excluding hydrogens is 374 g/mol. The minimum Gasteiger partial charge on any atom is -0.444 e. The van der Waals surface area contributed by atoms with Crippen LogP contribution in [-0.4, -0.2) is 76.5 Å². The summed E-state index contributed by atoms with van der Waals surface area (Å²) in [7, 11) is 1.62. The molecule has 1 atom stereocenters. The topological polar surface area (TPSA) is 88.0 Å². The van der Waals surface area contributed by atoms with Crippen molar-refractivity contribution >= 4 is 17.7 Å². The van der Waals surface area contributed by atoms with Gasteiger partial charge in [-0.1, -0.05) is 0 Å². The Bertz CT molecular complexity index is 808. The van der Waals surface area contributed by atoms with Crippen LogP contribution in [0, 0.1) is 5.92 Å². The Morgan fingerprint density at radius 1 is 1.10 bits per heavy atom. The van der Waals surface area contributed by atoms with Gasteiger partial charge in [0.25, 0.3) is 5.56 Å². The smallest absolute Gasteiger partial charge is 0.410 e. The molecule has 0 aromatic carbocycles. The summed E-state index contributed by atoms with van der Waals surface area (Å²) < 4.78 is 6.71. The molecular formula is C20H31N5O4. The number of carbonyl (C=O) groups excluding carboxylic acids is 2. The van der Waals surface area contributed by atoms with E-state index >= 15 is 0 Å². The monoisotopic (exact) mass is 405 g/mol. The van der Waals surface area contributed by atoms with E-state index in [0.29, 0.717) is 32.7 Å². The maximum atomic E-state index is 13.0. The molecule has 0 radical (unpaired) electrons. The third kappa shape index (κ3) is 5.27. The van der Waals surface area contributed by atoms with Crippen molar-refractivity contribution < 1.29 is 14.3 Å². The fraction of sp³-hybridized carbons (Fsp3) is 0.700. The Morgan fingerprint density at radius 3 is 2.38 bits per heavy atom. The molecule has 0 N–H and O–H groups in total. The van der Waals surface area contributed by atoms with Gasteiger partial charge in [0.1, 0.15) is 5.60 Å². The lowest BCUT2D eigenvalue weighted by Gasteiger charge is -2.39. The van der Waals surface area contributed by atoms with E-state index < -0.39 is 5.60 Å². The number of ether oxygens (including phenoxy) is 1. The first-order valence-corrected chi connectivity index (χ1v) is 10.2. The summed E-state index contributed by atoms with van der Waals surface area (Å²) >= 11 is 0. The van der Waals surface area contributed by atoms with E-state index in [1.54, 1.807) is 24.2 Å². The molecule has 2 fully saturated rings. The van der Waals surface area contributed by atoms with Crippen molar-refractivity contribution in [2.75, 3.05) is 44.2 Å².